The maximum absolute atomic E-state index is 4.27. The number of hydrogen-bond donors (Lipinski definition) is 1. The highest BCUT2D eigenvalue weighted by atomic mass is 79.9. The Balaban J connectivity index is 1.72. The lowest BCUT2D eigenvalue weighted by Gasteiger charge is -2.46. The first-order valence-electron chi connectivity index (χ1n) is 7.12. The van der Waals surface area contributed by atoms with Crippen molar-refractivity contribution in [2.75, 3.05) is 13.1 Å². The SMILES string of the molecule is CC1(C)CNC(C2CC2)CN1Cc1cncc(Br)c1. The Hall–Kier alpha value is -0.450. The van der Waals surface area contributed by atoms with Crippen molar-refractivity contribution in [1.29, 1.82) is 0 Å². The van der Waals surface area contributed by atoms with E-state index < -0.39 is 0 Å². The molecule has 3 rings (SSSR count). The standard InChI is InChI=1S/C15H22BrN3/c1-15(2)10-18-14(12-3-4-12)9-19(15)8-11-5-13(16)7-17-6-11/h5-7,12,14,18H,3-4,8-10H2,1-2H3. The number of aromatic nitrogens is 1. The maximum Gasteiger partial charge on any atom is 0.0410 e. The Morgan fingerprint density at radius 1 is 1.42 bits per heavy atom. The van der Waals surface area contributed by atoms with E-state index in [0.717, 1.165) is 30.0 Å². The number of hydrogen-bond acceptors (Lipinski definition) is 3. The van der Waals surface area contributed by atoms with Crippen LogP contribution in [0.4, 0.5) is 0 Å². The van der Waals surface area contributed by atoms with Crippen molar-refractivity contribution < 1.29 is 0 Å². The zero-order chi connectivity index (χ0) is 13.5. The van der Waals surface area contributed by atoms with Crippen LogP contribution in [0.25, 0.3) is 0 Å². The molecule has 1 N–H and O–H groups in total. The third kappa shape index (κ3) is 3.18. The number of nitrogens with one attached hydrogen (secondary N) is 1. The summed E-state index contributed by atoms with van der Waals surface area (Å²) < 4.78 is 1.07. The van der Waals surface area contributed by atoms with Gasteiger partial charge in [0.25, 0.3) is 0 Å². The molecule has 0 spiro atoms. The first-order valence-corrected chi connectivity index (χ1v) is 7.92. The fourth-order valence-electron chi connectivity index (χ4n) is 2.90. The minimum atomic E-state index is 0.216. The molecule has 4 heteroatoms. The van der Waals surface area contributed by atoms with Crippen molar-refractivity contribution in [3.8, 4) is 0 Å². The number of pyridine rings is 1. The van der Waals surface area contributed by atoms with E-state index in [9.17, 15) is 0 Å². The van der Waals surface area contributed by atoms with Gasteiger partial charge in [0.05, 0.1) is 0 Å². The molecule has 2 heterocycles. The van der Waals surface area contributed by atoms with E-state index in [1.165, 1.54) is 18.4 Å². The van der Waals surface area contributed by atoms with Crippen molar-refractivity contribution in [1.82, 2.24) is 15.2 Å². The van der Waals surface area contributed by atoms with Crippen molar-refractivity contribution in [3.05, 3.63) is 28.5 Å². The molecule has 0 amide bonds. The molecule has 2 fully saturated rings. The molecule has 1 aliphatic carbocycles. The molecule has 104 valence electrons. The van der Waals surface area contributed by atoms with Crippen molar-refractivity contribution in [2.45, 2.75) is 44.8 Å². The van der Waals surface area contributed by atoms with E-state index >= 15 is 0 Å². The van der Waals surface area contributed by atoms with E-state index in [4.69, 9.17) is 0 Å². The van der Waals surface area contributed by atoms with E-state index in [1.807, 2.05) is 12.4 Å². The summed E-state index contributed by atoms with van der Waals surface area (Å²) in [6, 6.07) is 2.87. The molecule has 2 aliphatic rings. The number of halogens is 1. The summed E-state index contributed by atoms with van der Waals surface area (Å²) >= 11 is 3.51. The fraction of sp³-hybridized carbons (Fsp3) is 0.667. The molecule has 3 nitrogen and oxygen atoms in total. The summed E-state index contributed by atoms with van der Waals surface area (Å²) in [6.45, 7) is 7.88. The lowest BCUT2D eigenvalue weighted by molar-refractivity contribution is 0.0533. The molecule has 1 unspecified atom stereocenters. The molecule has 1 aliphatic heterocycles. The lowest BCUT2D eigenvalue weighted by atomic mass is 9.95. The third-order valence-corrected chi connectivity index (χ3v) is 4.83. The van der Waals surface area contributed by atoms with Crippen LogP contribution < -0.4 is 5.32 Å². The van der Waals surface area contributed by atoms with Crippen LogP contribution in [0.5, 0.6) is 0 Å². The number of piperazine rings is 1. The Bertz CT molecular complexity index is 456. The van der Waals surface area contributed by atoms with Gasteiger partial charge in [0.15, 0.2) is 0 Å². The van der Waals surface area contributed by atoms with E-state index in [0.29, 0.717) is 6.04 Å². The van der Waals surface area contributed by atoms with Crippen LogP contribution in [0.1, 0.15) is 32.3 Å². The van der Waals surface area contributed by atoms with E-state index in [-0.39, 0.29) is 5.54 Å². The molecule has 19 heavy (non-hydrogen) atoms. The Morgan fingerprint density at radius 3 is 2.89 bits per heavy atom. The van der Waals surface area contributed by atoms with Crippen LogP contribution in [0.2, 0.25) is 0 Å². The largest absolute Gasteiger partial charge is 0.311 e. The van der Waals surface area contributed by atoms with Crippen LogP contribution in [-0.4, -0.2) is 34.6 Å². The zero-order valence-corrected chi connectivity index (χ0v) is 13.3. The highest BCUT2D eigenvalue weighted by Gasteiger charge is 2.40. The van der Waals surface area contributed by atoms with Gasteiger partial charge < -0.3 is 5.32 Å². The minimum absolute atomic E-state index is 0.216. The average Bonchev–Trinajstić information content (AvgIpc) is 3.16. The first-order chi connectivity index (χ1) is 9.04. The first kappa shape index (κ1) is 13.5. The van der Waals surface area contributed by atoms with Crippen LogP contribution in [-0.2, 0) is 6.54 Å². The summed E-state index contributed by atoms with van der Waals surface area (Å²) in [4.78, 5) is 6.88. The average molecular weight is 324 g/mol. The van der Waals surface area contributed by atoms with Gasteiger partial charge >= 0.3 is 0 Å². The predicted octanol–water partition coefficient (Wildman–Crippen LogP) is 2.81. The smallest absolute Gasteiger partial charge is 0.0410 e. The van der Waals surface area contributed by atoms with Crippen molar-refractivity contribution >= 4 is 15.9 Å². The van der Waals surface area contributed by atoms with Crippen molar-refractivity contribution in [2.24, 2.45) is 5.92 Å². The highest BCUT2D eigenvalue weighted by molar-refractivity contribution is 9.10. The normalized spacial score (nSPS) is 27.4. The molecule has 0 aromatic carbocycles. The zero-order valence-electron chi connectivity index (χ0n) is 11.7. The third-order valence-electron chi connectivity index (χ3n) is 4.40. The van der Waals surface area contributed by atoms with Gasteiger partial charge in [-0.15, -0.1) is 0 Å². The molecule has 1 saturated heterocycles. The molecule has 1 saturated carbocycles. The van der Waals surface area contributed by atoms with Gasteiger partial charge in [0.2, 0.25) is 0 Å². The van der Waals surface area contributed by atoms with Gasteiger partial charge in [-0.25, -0.2) is 0 Å². The topological polar surface area (TPSA) is 28.2 Å². The molecule has 1 aromatic heterocycles. The Labute approximate surface area is 123 Å². The molecule has 1 aromatic rings. The molecular weight excluding hydrogens is 302 g/mol. The van der Waals surface area contributed by atoms with Crippen molar-refractivity contribution in [3.63, 3.8) is 0 Å². The summed E-state index contributed by atoms with van der Waals surface area (Å²) in [6.07, 6.45) is 6.64. The highest BCUT2D eigenvalue weighted by Crippen LogP contribution is 2.36. The second-order valence-corrected chi connectivity index (χ2v) is 7.44. The van der Waals surface area contributed by atoms with Gasteiger partial charge in [-0.05, 0) is 60.2 Å². The monoisotopic (exact) mass is 323 g/mol. The fourth-order valence-corrected chi connectivity index (χ4v) is 3.31. The Kier molecular flexibility index (Phi) is 3.67. The maximum atomic E-state index is 4.27. The second kappa shape index (κ2) is 5.15. The van der Waals surface area contributed by atoms with Crippen LogP contribution in [0.15, 0.2) is 22.9 Å². The quantitative estimate of drug-likeness (QED) is 0.927. The van der Waals surface area contributed by atoms with Gasteiger partial charge in [0, 0.05) is 48.1 Å². The van der Waals surface area contributed by atoms with Crippen LogP contribution in [0.3, 0.4) is 0 Å². The van der Waals surface area contributed by atoms with E-state index in [1.54, 1.807) is 0 Å². The Morgan fingerprint density at radius 2 is 2.21 bits per heavy atom. The summed E-state index contributed by atoms with van der Waals surface area (Å²) in [5.74, 6) is 0.916. The second-order valence-electron chi connectivity index (χ2n) is 6.53. The minimum Gasteiger partial charge on any atom is -0.311 e. The summed E-state index contributed by atoms with van der Waals surface area (Å²) in [7, 11) is 0. The van der Waals surface area contributed by atoms with Gasteiger partial charge in [-0.2, -0.15) is 0 Å². The summed E-state index contributed by atoms with van der Waals surface area (Å²) in [5, 5.41) is 3.73. The lowest BCUT2D eigenvalue weighted by Crippen LogP contribution is -2.62. The van der Waals surface area contributed by atoms with Gasteiger partial charge in [-0.3, -0.25) is 9.88 Å². The molecule has 1 atom stereocenters. The predicted molar refractivity (Wildman–Crippen MR) is 80.9 cm³/mol. The molecule has 0 bridgehead atoms. The summed E-state index contributed by atoms with van der Waals surface area (Å²) in [5.41, 5.74) is 1.51. The molecule has 0 radical (unpaired) electrons. The molecular formula is C15H22BrN3. The van der Waals surface area contributed by atoms with Gasteiger partial charge in [-0.1, -0.05) is 0 Å². The van der Waals surface area contributed by atoms with Crippen LogP contribution in [0, 0.1) is 5.92 Å². The van der Waals surface area contributed by atoms with E-state index in [2.05, 4.69) is 51.0 Å². The number of nitrogens with zero attached hydrogens (tertiary/aromatic N) is 2. The number of rotatable bonds is 3. The van der Waals surface area contributed by atoms with Gasteiger partial charge in [0.1, 0.15) is 0 Å². The van der Waals surface area contributed by atoms with Crippen LogP contribution >= 0.6 is 15.9 Å².